The first kappa shape index (κ1) is 20.4. The summed E-state index contributed by atoms with van der Waals surface area (Å²) in [7, 11) is 3.40. The van der Waals surface area contributed by atoms with E-state index < -0.39 is 0 Å². The van der Waals surface area contributed by atoms with Crippen LogP contribution < -0.4 is 14.5 Å². The van der Waals surface area contributed by atoms with E-state index in [1.54, 1.807) is 24.1 Å². The Labute approximate surface area is 182 Å². The molecular formula is C26H24N2O3. The van der Waals surface area contributed by atoms with Crippen molar-refractivity contribution in [3.05, 3.63) is 95.2 Å². The summed E-state index contributed by atoms with van der Waals surface area (Å²) in [6.07, 6.45) is 0. The molecule has 31 heavy (non-hydrogen) atoms. The lowest BCUT2D eigenvalue weighted by Crippen LogP contribution is -2.34. The second-order valence-electron chi connectivity index (χ2n) is 7.51. The van der Waals surface area contributed by atoms with E-state index in [9.17, 15) is 9.59 Å². The predicted octanol–water partition coefficient (Wildman–Crippen LogP) is 4.73. The summed E-state index contributed by atoms with van der Waals surface area (Å²) < 4.78 is 5.25. The van der Waals surface area contributed by atoms with Gasteiger partial charge in [0.05, 0.1) is 18.4 Å². The number of carbonyl (C=O) groups is 2. The van der Waals surface area contributed by atoms with Gasteiger partial charge in [0, 0.05) is 12.7 Å². The van der Waals surface area contributed by atoms with Crippen LogP contribution in [0.2, 0.25) is 0 Å². The molecule has 0 unspecified atom stereocenters. The van der Waals surface area contributed by atoms with E-state index >= 15 is 0 Å². The van der Waals surface area contributed by atoms with Crippen molar-refractivity contribution in [2.75, 3.05) is 24.0 Å². The molecule has 4 rings (SSSR count). The molecule has 0 saturated carbocycles. The Morgan fingerprint density at radius 3 is 2.13 bits per heavy atom. The summed E-state index contributed by atoms with van der Waals surface area (Å²) in [4.78, 5) is 30.4. The molecule has 0 saturated heterocycles. The van der Waals surface area contributed by atoms with Crippen molar-refractivity contribution >= 4 is 28.8 Å². The molecule has 1 heterocycles. The summed E-state index contributed by atoms with van der Waals surface area (Å²) >= 11 is 0. The minimum absolute atomic E-state index is 0.332. The highest BCUT2D eigenvalue weighted by atomic mass is 16.5. The van der Waals surface area contributed by atoms with Gasteiger partial charge in [0.25, 0.3) is 11.8 Å². The van der Waals surface area contributed by atoms with E-state index in [0.717, 1.165) is 16.8 Å². The number of likely N-dealkylation sites (N-methyl/N-ethyl adjacent to an activating group) is 1. The zero-order chi connectivity index (χ0) is 22.1. The number of methoxy groups -OCH3 is 1. The lowest BCUT2D eigenvalue weighted by molar-refractivity contribution is -0.120. The highest BCUT2D eigenvalue weighted by molar-refractivity contribution is 6.46. The Balaban J connectivity index is 1.89. The molecule has 3 aromatic rings. The Morgan fingerprint density at radius 2 is 1.48 bits per heavy atom. The third kappa shape index (κ3) is 3.48. The second-order valence-corrected chi connectivity index (χ2v) is 7.51. The smallest absolute Gasteiger partial charge is 0.282 e. The van der Waals surface area contributed by atoms with Gasteiger partial charge in [-0.05, 0) is 60.9 Å². The number of nitrogens with zero attached hydrogens (tertiary/aromatic N) is 2. The van der Waals surface area contributed by atoms with Crippen LogP contribution in [0.4, 0.5) is 11.4 Å². The standard InChI is InChI=1S/C26H24N2O3/c1-17-9-8-12-22(18(17)2)28-25(29)23(19-13-15-21(31-4)16-14-19)24(26(28)30)27(3)20-10-6-5-7-11-20/h5-16H,1-4H3. The molecule has 0 aliphatic carbocycles. The molecule has 1 aliphatic heterocycles. The number of para-hydroxylation sites is 1. The number of ether oxygens (including phenoxy) is 1. The molecule has 5 nitrogen and oxygen atoms in total. The minimum atomic E-state index is -0.337. The normalized spacial score (nSPS) is 13.7. The van der Waals surface area contributed by atoms with Crippen molar-refractivity contribution < 1.29 is 14.3 Å². The first-order chi connectivity index (χ1) is 14.9. The fourth-order valence-electron chi connectivity index (χ4n) is 3.82. The molecule has 0 radical (unpaired) electrons. The van der Waals surface area contributed by atoms with Gasteiger partial charge >= 0.3 is 0 Å². The SMILES string of the molecule is COc1ccc(C2=C(N(C)c3ccccc3)C(=O)N(c3cccc(C)c3C)C2=O)cc1. The summed E-state index contributed by atoms with van der Waals surface area (Å²) in [6.45, 7) is 3.90. The second kappa shape index (κ2) is 8.11. The molecule has 2 amide bonds. The monoisotopic (exact) mass is 412 g/mol. The quantitative estimate of drug-likeness (QED) is 0.569. The molecule has 0 N–H and O–H groups in total. The topological polar surface area (TPSA) is 49.9 Å². The van der Waals surface area contributed by atoms with Gasteiger partial charge in [-0.3, -0.25) is 9.59 Å². The van der Waals surface area contributed by atoms with Crippen molar-refractivity contribution in [3.8, 4) is 5.75 Å². The fraction of sp³-hybridized carbons (Fsp3) is 0.154. The summed E-state index contributed by atoms with van der Waals surface area (Å²) in [6, 6.07) is 22.4. The van der Waals surface area contributed by atoms with E-state index in [2.05, 4.69) is 0 Å². The van der Waals surface area contributed by atoms with Crippen LogP contribution in [0, 0.1) is 13.8 Å². The molecule has 0 spiro atoms. The minimum Gasteiger partial charge on any atom is -0.497 e. The molecule has 1 aliphatic rings. The zero-order valence-corrected chi connectivity index (χ0v) is 18.0. The predicted molar refractivity (Wildman–Crippen MR) is 123 cm³/mol. The number of hydrogen-bond acceptors (Lipinski definition) is 4. The van der Waals surface area contributed by atoms with Crippen LogP contribution in [-0.4, -0.2) is 26.0 Å². The molecular weight excluding hydrogens is 388 g/mol. The summed E-state index contributed by atoms with van der Waals surface area (Å²) in [5, 5.41) is 0. The summed E-state index contributed by atoms with van der Waals surface area (Å²) in [5.74, 6) is 0.0167. The van der Waals surface area contributed by atoms with Crippen molar-refractivity contribution in [2.24, 2.45) is 0 Å². The third-order valence-electron chi connectivity index (χ3n) is 5.73. The van der Waals surface area contributed by atoms with Crippen molar-refractivity contribution in [2.45, 2.75) is 13.8 Å². The van der Waals surface area contributed by atoms with E-state index in [-0.39, 0.29) is 11.8 Å². The van der Waals surface area contributed by atoms with Gasteiger partial charge < -0.3 is 9.64 Å². The number of imide groups is 1. The molecule has 0 bridgehead atoms. The van der Waals surface area contributed by atoms with Gasteiger partial charge in [-0.1, -0.05) is 42.5 Å². The molecule has 3 aromatic carbocycles. The molecule has 0 atom stereocenters. The lowest BCUT2D eigenvalue weighted by Gasteiger charge is -2.22. The number of anilines is 2. The Bertz CT molecular complexity index is 1180. The largest absolute Gasteiger partial charge is 0.497 e. The number of aryl methyl sites for hydroxylation is 1. The Morgan fingerprint density at radius 1 is 0.806 bits per heavy atom. The maximum absolute atomic E-state index is 13.7. The van der Waals surface area contributed by atoms with E-state index in [4.69, 9.17) is 4.74 Å². The van der Waals surface area contributed by atoms with Crippen molar-refractivity contribution in [3.63, 3.8) is 0 Å². The van der Waals surface area contributed by atoms with Gasteiger partial charge in [-0.2, -0.15) is 0 Å². The zero-order valence-electron chi connectivity index (χ0n) is 18.0. The number of hydrogen-bond donors (Lipinski definition) is 0. The fourth-order valence-corrected chi connectivity index (χ4v) is 3.82. The van der Waals surface area contributed by atoms with Crippen LogP contribution >= 0.6 is 0 Å². The first-order valence-corrected chi connectivity index (χ1v) is 10.1. The van der Waals surface area contributed by atoms with Gasteiger partial charge in [-0.15, -0.1) is 0 Å². The van der Waals surface area contributed by atoms with E-state index in [1.165, 1.54) is 4.90 Å². The van der Waals surface area contributed by atoms with Gasteiger partial charge in [0.15, 0.2) is 0 Å². The molecule has 156 valence electrons. The van der Waals surface area contributed by atoms with E-state index in [0.29, 0.717) is 28.3 Å². The van der Waals surface area contributed by atoms with Crippen LogP contribution in [0.15, 0.2) is 78.5 Å². The molecule has 0 fully saturated rings. The average Bonchev–Trinajstić information content (AvgIpc) is 3.06. The van der Waals surface area contributed by atoms with Crippen LogP contribution in [0.1, 0.15) is 16.7 Å². The number of benzene rings is 3. The number of carbonyl (C=O) groups excluding carboxylic acids is 2. The van der Waals surface area contributed by atoms with Crippen molar-refractivity contribution in [1.82, 2.24) is 0 Å². The van der Waals surface area contributed by atoms with Crippen LogP contribution in [-0.2, 0) is 9.59 Å². The third-order valence-corrected chi connectivity index (χ3v) is 5.73. The van der Waals surface area contributed by atoms with Crippen LogP contribution in [0.5, 0.6) is 5.75 Å². The maximum Gasteiger partial charge on any atom is 0.282 e. The number of amides is 2. The number of rotatable bonds is 5. The first-order valence-electron chi connectivity index (χ1n) is 10.1. The molecule has 0 aromatic heterocycles. The van der Waals surface area contributed by atoms with Gasteiger partial charge in [0.2, 0.25) is 0 Å². The average molecular weight is 412 g/mol. The van der Waals surface area contributed by atoms with Gasteiger partial charge in [0.1, 0.15) is 11.4 Å². The summed E-state index contributed by atoms with van der Waals surface area (Å²) in [5.41, 5.74) is 4.76. The van der Waals surface area contributed by atoms with Gasteiger partial charge in [-0.25, -0.2) is 4.90 Å². The Kier molecular flexibility index (Phi) is 5.34. The van der Waals surface area contributed by atoms with Crippen molar-refractivity contribution in [1.29, 1.82) is 0 Å². The van der Waals surface area contributed by atoms with E-state index in [1.807, 2.05) is 81.6 Å². The molecule has 5 heteroatoms. The maximum atomic E-state index is 13.7. The lowest BCUT2D eigenvalue weighted by atomic mass is 10.0. The van der Waals surface area contributed by atoms with Crippen LogP contribution in [0.25, 0.3) is 5.57 Å². The highest BCUT2D eigenvalue weighted by Gasteiger charge is 2.42. The Hall–Kier alpha value is -3.86. The highest BCUT2D eigenvalue weighted by Crippen LogP contribution is 2.37. The van der Waals surface area contributed by atoms with Crippen LogP contribution in [0.3, 0.4) is 0 Å².